The number of aromatic carboxylic acids is 1. The van der Waals surface area contributed by atoms with Crippen LogP contribution in [0.3, 0.4) is 0 Å². The number of nitrogens with zero attached hydrogens (tertiary/aromatic N) is 4. The summed E-state index contributed by atoms with van der Waals surface area (Å²) in [6.45, 7) is 1.56. The van der Waals surface area contributed by atoms with E-state index < -0.39 is 5.97 Å². The smallest absolute Gasteiger partial charge is 0.356 e. The molecule has 0 unspecified atom stereocenters. The number of rotatable bonds is 2. The van der Waals surface area contributed by atoms with Crippen LogP contribution >= 0.6 is 0 Å². The summed E-state index contributed by atoms with van der Waals surface area (Å²) in [5, 5.41) is 17.8. The van der Waals surface area contributed by atoms with Crippen molar-refractivity contribution in [3.05, 3.63) is 11.3 Å². The molecule has 1 fully saturated rings. The fourth-order valence-electron chi connectivity index (χ4n) is 1.79. The van der Waals surface area contributed by atoms with Crippen molar-refractivity contribution in [2.24, 2.45) is 0 Å². The minimum absolute atomic E-state index is 0.0817. The number of nitrogen functional groups attached to an aromatic ring is 1. The molecule has 0 spiro atoms. The number of hydrogen-bond acceptors (Lipinski definition) is 6. The van der Waals surface area contributed by atoms with Gasteiger partial charge in [0.1, 0.15) is 17.5 Å². The number of anilines is 2. The van der Waals surface area contributed by atoms with Crippen LogP contribution in [0.5, 0.6) is 0 Å². The molecule has 2 rings (SSSR count). The van der Waals surface area contributed by atoms with Gasteiger partial charge in [0.05, 0.1) is 0 Å². The average molecular weight is 233 g/mol. The number of aromatic nitrogens is 2. The van der Waals surface area contributed by atoms with Crippen LogP contribution in [-0.2, 0) is 0 Å². The summed E-state index contributed by atoms with van der Waals surface area (Å²) in [4.78, 5) is 20.7. The highest BCUT2D eigenvalue weighted by atomic mass is 16.4. The molecule has 1 saturated heterocycles. The Balaban J connectivity index is 2.50. The van der Waals surface area contributed by atoms with Crippen molar-refractivity contribution in [1.82, 2.24) is 9.97 Å². The Labute approximate surface area is 97.5 Å². The Kier molecular flexibility index (Phi) is 2.78. The predicted molar refractivity (Wildman–Crippen MR) is 59.6 cm³/mol. The first-order valence-electron chi connectivity index (χ1n) is 5.19. The summed E-state index contributed by atoms with van der Waals surface area (Å²) in [5.41, 5.74) is 5.06. The Bertz CT molecular complexity index is 502. The highest BCUT2D eigenvalue weighted by molar-refractivity contribution is 5.90. The van der Waals surface area contributed by atoms with Gasteiger partial charge in [0.25, 0.3) is 0 Å². The molecule has 2 heterocycles. The number of hydrogen-bond donors (Lipinski definition) is 2. The zero-order valence-electron chi connectivity index (χ0n) is 9.05. The Morgan fingerprint density at radius 2 is 2.06 bits per heavy atom. The minimum atomic E-state index is -1.27. The van der Waals surface area contributed by atoms with E-state index in [2.05, 4.69) is 9.97 Å². The summed E-state index contributed by atoms with van der Waals surface area (Å²) in [7, 11) is 0. The van der Waals surface area contributed by atoms with Gasteiger partial charge in [0, 0.05) is 13.1 Å². The Morgan fingerprint density at radius 1 is 1.41 bits per heavy atom. The van der Waals surface area contributed by atoms with Crippen LogP contribution in [0.2, 0.25) is 0 Å². The van der Waals surface area contributed by atoms with Gasteiger partial charge in [-0.2, -0.15) is 10.2 Å². The zero-order chi connectivity index (χ0) is 12.4. The maximum atomic E-state index is 11.0. The van der Waals surface area contributed by atoms with Crippen LogP contribution in [-0.4, -0.2) is 34.1 Å². The zero-order valence-corrected chi connectivity index (χ0v) is 9.05. The van der Waals surface area contributed by atoms with Crippen LogP contribution in [0.15, 0.2) is 0 Å². The predicted octanol–water partition coefficient (Wildman–Crippen LogP) is 0.229. The molecule has 17 heavy (non-hydrogen) atoms. The lowest BCUT2D eigenvalue weighted by Crippen LogP contribution is -2.23. The van der Waals surface area contributed by atoms with Gasteiger partial charge in [-0.05, 0) is 12.8 Å². The van der Waals surface area contributed by atoms with E-state index >= 15 is 0 Å². The molecular formula is C10H11N5O2. The second-order valence-electron chi connectivity index (χ2n) is 3.74. The van der Waals surface area contributed by atoms with Crippen molar-refractivity contribution < 1.29 is 9.90 Å². The van der Waals surface area contributed by atoms with E-state index in [1.54, 1.807) is 6.07 Å². The molecular weight excluding hydrogens is 222 g/mol. The van der Waals surface area contributed by atoms with E-state index in [-0.39, 0.29) is 23.0 Å². The standard InChI is InChI=1S/C10H11N5O2/c11-5-6-7(9(16)17)13-10(14-8(6)12)15-3-1-2-4-15/h1-4H2,(H,16,17)(H2,12,13,14). The van der Waals surface area contributed by atoms with E-state index in [9.17, 15) is 4.79 Å². The number of nitrogens with two attached hydrogens (primary N) is 1. The lowest BCUT2D eigenvalue weighted by Gasteiger charge is -2.16. The summed E-state index contributed by atoms with van der Waals surface area (Å²) < 4.78 is 0. The molecule has 1 aliphatic rings. The monoisotopic (exact) mass is 233 g/mol. The normalized spacial score (nSPS) is 14.6. The number of carbonyl (C=O) groups is 1. The fourth-order valence-corrected chi connectivity index (χ4v) is 1.79. The van der Waals surface area contributed by atoms with Crippen LogP contribution in [0.25, 0.3) is 0 Å². The first-order chi connectivity index (χ1) is 8.13. The largest absolute Gasteiger partial charge is 0.476 e. The van der Waals surface area contributed by atoms with Crippen molar-refractivity contribution in [3.8, 4) is 6.07 Å². The quantitative estimate of drug-likeness (QED) is 0.750. The molecule has 1 aromatic rings. The minimum Gasteiger partial charge on any atom is -0.476 e. The lowest BCUT2D eigenvalue weighted by atomic mass is 10.2. The molecule has 0 saturated carbocycles. The third kappa shape index (κ3) is 1.97. The van der Waals surface area contributed by atoms with Crippen molar-refractivity contribution in [3.63, 3.8) is 0 Å². The maximum Gasteiger partial charge on any atom is 0.356 e. The molecule has 0 aromatic carbocycles. The molecule has 3 N–H and O–H groups in total. The topological polar surface area (TPSA) is 116 Å². The van der Waals surface area contributed by atoms with Crippen molar-refractivity contribution in [2.45, 2.75) is 12.8 Å². The maximum absolute atomic E-state index is 11.0. The van der Waals surface area contributed by atoms with E-state index in [0.29, 0.717) is 0 Å². The Morgan fingerprint density at radius 3 is 2.59 bits per heavy atom. The van der Waals surface area contributed by atoms with Crippen molar-refractivity contribution >= 4 is 17.7 Å². The van der Waals surface area contributed by atoms with E-state index in [1.165, 1.54) is 0 Å². The van der Waals surface area contributed by atoms with Crippen LogP contribution in [0, 0.1) is 11.3 Å². The molecule has 7 nitrogen and oxygen atoms in total. The first-order valence-corrected chi connectivity index (χ1v) is 5.19. The molecule has 1 aliphatic heterocycles. The van der Waals surface area contributed by atoms with Gasteiger partial charge in [-0.15, -0.1) is 0 Å². The Hall–Kier alpha value is -2.36. The number of carboxylic acids is 1. The molecule has 0 atom stereocenters. The van der Waals surface area contributed by atoms with Crippen LogP contribution in [0.1, 0.15) is 28.9 Å². The average Bonchev–Trinajstić information content (AvgIpc) is 2.81. The third-order valence-electron chi connectivity index (χ3n) is 2.63. The molecule has 7 heteroatoms. The molecule has 0 amide bonds. The fraction of sp³-hybridized carbons (Fsp3) is 0.400. The third-order valence-corrected chi connectivity index (χ3v) is 2.63. The highest BCUT2D eigenvalue weighted by Crippen LogP contribution is 2.20. The number of nitriles is 1. The molecule has 0 bridgehead atoms. The highest BCUT2D eigenvalue weighted by Gasteiger charge is 2.22. The van der Waals surface area contributed by atoms with Crippen LogP contribution in [0.4, 0.5) is 11.8 Å². The lowest BCUT2D eigenvalue weighted by molar-refractivity contribution is 0.0690. The van der Waals surface area contributed by atoms with Gasteiger partial charge in [0.2, 0.25) is 5.95 Å². The van der Waals surface area contributed by atoms with Gasteiger partial charge in [-0.3, -0.25) is 0 Å². The molecule has 1 aromatic heterocycles. The summed E-state index contributed by atoms with van der Waals surface area (Å²) in [6, 6.07) is 1.71. The molecule has 88 valence electrons. The van der Waals surface area contributed by atoms with E-state index in [0.717, 1.165) is 25.9 Å². The summed E-state index contributed by atoms with van der Waals surface area (Å²) in [6.07, 6.45) is 2.04. The molecule has 0 radical (unpaired) electrons. The summed E-state index contributed by atoms with van der Waals surface area (Å²) in [5.74, 6) is -1.06. The van der Waals surface area contributed by atoms with Gasteiger partial charge < -0.3 is 15.7 Å². The number of carboxylic acid groups (broad SMARTS) is 1. The van der Waals surface area contributed by atoms with Gasteiger partial charge in [0.15, 0.2) is 5.69 Å². The molecule has 0 aliphatic carbocycles. The SMILES string of the molecule is N#Cc1c(N)nc(N2CCCC2)nc1C(=O)O. The van der Waals surface area contributed by atoms with Gasteiger partial charge >= 0.3 is 5.97 Å². The van der Waals surface area contributed by atoms with Crippen molar-refractivity contribution in [1.29, 1.82) is 5.26 Å². The van der Waals surface area contributed by atoms with Crippen LogP contribution < -0.4 is 10.6 Å². The van der Waals surface area contributed by atoms with E-state index in [4.69, 9.17) is 16.1 Å². The first kappa shape index (κ1) is 11.1. The van der Waals surface area contributed by atoms with Gasteiger partial charge in [-0.25, -0.2) is 9.78 Å². The van der Waals surface area contributed by atoms with E-state index in [1.807, 2.05) is 4.90 Å². The second kappa shape index (κ2) is 4.25. The summed E-state index contributed by atoms with van der Waals surface area (Å²) >= 11 is 0. The second-order valence-corrected chi connectivity index (χ2v) is 3.74. The van der Waals surface area contributed by atoms with Gasteiger partial charge in [-0.1, -0.05) is 0 Å². The van der Waals surface area contributed by atoms with Crippen molar-refractivity contribution in [2.75, 3.05) is 23.7 Å².